The lowest BCUT2D eigenvalue weighted by atomic mass is 9.84. The van der Waals surface area contributed by atoms with Crippen molar-refractivity contribution in [1.82, 2.24) is 15.3 Å². The van der Waals surface area contributed by atoms with Gasteiger partial charge in [-0.05, 0) is 54.9 Å². The van der Waals surface area contributed by atoms with E-state index in [1.54, 1.807) is 7.11 Å². The van der Waals surface area contributed by atoms with Gasteiger partial charge in [-0.2, -0.15) is 0 Å². The summed E-state index contributed by atoms with van der Waals surface area (Å²) >= 11 is 0. The number of piperidine rings is 1. The Hall–Kier alpha value is -2.81. The van der Waals surface area contributed by atoms with Gasteiger partial charge in [0.05, 0.1) is 19.6 Å². The first-order chi connectivity index (χ1) is 17.6. The molecule has 1 aromatic rings. The predicted molar refractivity (Wildman–Crippen MR) is 142 cm³/mol. The first-order valence-corrected chi connectivity index (χ1v) is 13.5. The lowest BCUT2D eigenvalue weighted by molar-refractivity contribution is -0.156. The van der Waals surface area contributed by atoms with Gasteiger partial charge in [0.1, 0.15) is 11.8 Å². The number of hydrogen-bond acceptors (Lipinski definition) is 6. The van der Waals surface area contributed by atoms with E-state index in [0.717, 1.165) is 50.0 Å². The Bertz CT molecular complexity index is 887. The number of carbonyl (C=O) groups excluding carboxylic acids is 3. The summed E-state index contributed by atoms with van der Waals surface area (Å²) in [4.78, 5) is 39.9. The van der Waals surface area contributed by atoms with Gasteiger partial charge < -0.3 is 20.3 Å². The Balaban J connectivity index is 1.60. The van der Waals surface area contributed by atoms with Gasteiger partial charge in [-0.15, -0.1) is 0 Å². The summed E-state index contributed by atoms with van der Waals surface area (Å²) in [5.74, 6) is 0.286. The highest BCUT2D eigenvalue weighted by Crippen LogP contribution is 2.31. The van der Waals surface area contributed by atoms with Crippen LogP contribution in [0.1, 0.15) is 65.7 Å². The van der Waals surface area contributed by atoms with Crippen LogP contribution in [0.2, 0.25) is 0 Å². The summed E-state index contributed by atoms with van der Waals surface area (Å²) in [7, 11) is 1.64. The van der Waals surface area contributed by atoms with E-state index < -0.39 is 17.4 Å². The van der Waals surface area contributed by atoms with E-state index in [-0.39, 0.29) is 24.4 Å². The molecular weight excluding hydrogens is 472 g/mol. The molecule has 9 nitrogen and oxygen atoms in total. The van der Waals surface area contributed by atoms with Crippen LogP contribution in [0.3, 0.4) is 0 Å². The second-order valence-corrected chi connectivity index (χ2v) is 11.6. The van der Waals surface area contributed by atoms with Crippen molar-refractivity contribution in [2.75, 3.05) is 32.1 Å². The Labute approximate surface area is 220 Å². The average molecular weight is 517 g/mol. The Morgan fingerprint density at radius 1 is 1.14 bits per heavy atom. The molecule has 2 fully saturated rings. The van der Waals surface area contributed by atoms with Gasteiger partial charge in [0, 0.05) is 24.8 Å². The van der Waals surface area contributed by atoms with E-state index in [0.29, 0.717) is 36.9 Å². The summed E-state index contributed by atoms with van der Waals surface area (Å²) < 4.78 is 5.22. The molecule has 1 aromatic carbocycles. The average Bonchev–Trinajstić information content (AvgIpc) is 3.39. The number of nitrogens with one attached hydrogen (secondary N) is 2. The zero-order chi connectivity index (χ0) is 27.0. The highest BCUT2D eigenvalue weighted by Gasteiger charge is 2.38. The van der Waals surface area contributed by atoms with Crippen molar-refractivity contribution in [3.05, 3.63) is 24.3 Å². The third-order valence-corrected chi connectivity index (χ3v) is 7.66. The number of benzene rings is 1. The number of hydroxylamine groups is 2. The SMILES string of the molecule is COc1ccc(NC2CCN(C(=O)[C@@H](NC(=O)C(CC3CCCC3)CN(O)C=O)C(C)(C)C)CC2)cc1. The number of nitrogens with zero attached hydrogens (tertiary/aromatic N) is 2. The molecule has 37 heavy (non-hydrogen) atoms. The molecule has 3 rings (SSSR count). The van der Waals surface area contributed by atoms with Crippen molar-refractivity contribution in [2.24, 2.45) is 17.3 Å². The quantitative estimate of drug-likeness (QED) is 0.235. The second kappa shape index (κ2) is 13.1. The topological polar surface area (TPSA) is 111 Å². The highest BCUT2D eigenvalue weighted by atomic mass is 16.5. The largest absolute Gasteiger partial charge is 0.497 e. The van der Waals surface area contributed by atoms with Gasteiger partial charge in [0.2, 0.25) is 18.2 Å². The van der Waals surface area contributed by atoms with Gasteiger partial charge >= 0.3 is 0 Å². The van der Waals surface area contributed by atoms with Crippen molar-refractivity contribution >= 4 is 23.9 Å². The van der Waals surface area contributed by atoms with E-state index in [4.69, 9.17) is 4.74 Å². The molecule has 0 radical (unpaired) electrons. The van der Waals surface area contributed by atoms with Crippen molar-refractivity contribution in [2.45, 2.75) is 77.8 Å². The molecule has 1 aliphatic heterocycles. The van der Waals surface area contributed by atoms with Crippen molar-refractivity contribution in [3.63, 3.8) is 0 Å². The van der Waals surface area contributed by atoms with Crippen LogP contribution in [0, 0.1) is 17.3 Å². The van der Waals surface area contributed by atoms with E-state index in [2.05, 4.69) is 10.6 Å². The van der Waals surface area contributed by atoms with Crippen LogP contribution in [0.4, 0.5) is 5.69 Å². The highest BCUT2D eigenvalue weighted by molar-refractivity contribution is 5.89. The summed E-state index contributed by atoms with van der Waals surface area (Å²) in [5, 5.41) is 16.9. The van der Waals surface area contributed by atoms with Crippen LogP contribution in [0.15, 0.2) is 24.3 Å². The second-order valence-electron chi connectivity index (χ2n) is 11.6. The van der Waals surface area contributed by atoms with Gasteiger partial charge in [0.25, 0.3) is 0 Å². The molecule has 3 amide bonds. The fourth-order valence-corrected chi connectivity index (χ4v) is 5.44. The molecule has 3 N–H and O–H groups in total. The van der Waals surface area contributed by atoms with Gasteiger partial charge in [0.15, 0.2) is 0 Å². The van der Waals surface area contributed by atoms with E-state index in [1.165, 1.54) is 0 Å². The van der Waals surface area contributed by atoms with Crippen LogP contribution >= 0.6 is 0 Å². The lowest BCUT2D eigenvalue weighted by Gasteiger charge is -2.39. The van der Waals surface area contributed by atoms with Crippen molar-refractivity contribution in [1.29, 1.82) is 0 Å². The molecule has 9 heteroatoms. The molecule has 0 bridgehead atoms. The van der Waals surface area contributed by atoms with Gasteiger partial charge in [-0.25, -0.2) is 5.06 Å². The molecular formula is C28H44N4O5. The molecule has 2 aliphatic rings. The zero-order valence-corrected chi connectivity index (χ0v) is 22.7. The fraction of sp³-hybridized carbons (Fsp3) is 0.679. The summed E-state index contributed by atoms with van der Waals surface area (Å²) in [6.45, 7) is 6.99. The standard InChI is InChI=1S/C28H44N4O5/c1-28(2,3)25(30-26(34)21(18-32(36)19-33)17-20-7-5-6-8-20)27(35)31-15-13-23(14-16-31)29-22-9-11-24(37-4)12-10-22/h9-12,19-21,23,25,29,36H,5-8,13-18H2,1-4H3,(H,30,34)/t21?,25-/m1/s1. The van der Waals surface area contributed by atoms with Gasteiger partial charge in [-0.1, -0.05) is 46.5 Å². The monoisotopic (exact) mass is 516 g/mol. The molecule has 0 spiro atoms. The first-order valence-electron chi connectivity index (χ1n) is 13.5. The van der Waals surface area contributed by atoms with Crippen molar-refractivity contribution < 1.29 is 24.3 Å². The minimum Gasteiger partial charge on any atom is -0.497 e. The van der Waals surface area contributed by atoms with Crippen LogP contribution < -0.4 is 15.4 Å². The summed E-state index contributed by atoms with van der Waals surface area (Å²) in [5.41, 5.74) is 0.527. The number of anilines is 1. The lowest BCUT2D eigenvalue weighted by Crippen LogP contribution is -2.58. The van der Waals surface area contributed by atoms with Crippen LogP contribution in [-0.2, 0) is 14.4 Å². The number of ether oxygens (including phenoxy) is 1. The number of likely N-dealkylation sites (tertiary alicyclic amines) is 1. The summed E-state index contributed by atoms with van der Waals surface area (Å²) in [6.07, 6.45) is 6.94. The number of amides is 3. The fourth-order valence-electron chi connectivity index (χ4n) is 5.44. The predicted octanol–water partition coefficient (Wildman–Crippen LogP) is 3.67. The Morgan fingerprint density at radius 3 is 2.30 bits per heavy atom. The van der Waals surface area contributed by atoms with Crippen LogP contribution in [0.5, 0.6) is 5.75 Å². The zero-order valence-electron chi connectivity index (χ0n) is 22.7. The molecule has 1 saturated carbocycles. The number of carbonyl (C=O) groups is 3. The maximum atomic E-state index is 13.6. The summed E-state index contributed by atoms with van der Waals surface area (Å²) in [6, 6.07) is 7.38. The number of hydrogen-bond donors (Lipinski definition) is 3. The Kier molecular flexibility index (Phi) is 10.2. The van der Waals surface area contributed by atoms with Crippen molar-refractivity contribution in [3.8, 4) is 5.75 Å². The van der Waals surface area contributed by atoms with Crippen LogP contribution in [0.25, 0.3) is 0 Å². The third-order valence-electron chi connectivity index (χ3n) is 7.66. The molecule has 1 saturated heterocycles. The number of rotatable bonds is 11. The van der Waals surface area contributed by atoms with Gasteiger partial charge in [-0.3, -0.25) is 19.6 Å². The van der Waals surface area contributed by atoms with E-state index in [1.807, 2.05) is 49.9 Å². The van der Waals surface area contributed by atoms with Crippen LogP contribution in [-0.4, -0.2) is 72.2 Å². The maximum Gasteiger partial charge on any atom is 0.245 e. The smallest absolute Gasteiger partial charge is 0.245 e. The van der Waals surface area contributed by atoms with E-state index >= 15 is 0 Å². The molecule has 0 aromatic heterocycles. The minimum absolute atomic E-state index is 0.0701. The number of methoxy groups -OCH3 is 1. The first kappa shape index (κ1) is 28.8. The molecule has 206 valence electrons. The van der Waals surface area contributed by atoms with E-state index in [9.17, 15) is 19.6 Å². The minimum atomic E-state index is -0.694. The molecule has 1 aliphatic carbocycles. The Morgan fingerprint density at radius 2 is 1.76 bits per heavy atom. The molecule has 1 unspecified atom stereocenters. The molecule has 2 atom stereocenters. The maximum absolute atomic E-state index is 13.6. The molecule has 1 heterocycles. The third kappa shape index (κ3) is 8.35. The normalized spacial score (nSPS) is 18.7.